The molecule has 1 amide bonds. The van der Waals surface area contributed by atoms with Gasteiger partial charge in [0, 0.05) is 37.6 Å². The Morgan fingerprint density at radius 1 is 1.24 bits per heavy atom. The molecular weight excluding hydrogens is 432 g/mol. The average Bonchev–Trinajstić information content (AvgIpc) is 3.62. The highest BCUT2D eigenvalue weighted by Gasteiger charge is 2.33. The largest absolute Gasteiger partial charge is 0.462 e. The first-order valence-corrected chi connectivity index (χ1v) is 11.5. The standard InChI is InChI=1S/C25H28N6O3/c1-18-13-20(29-25(28-18)30-11-9-26-16-30)22-7-8-24(32)31(22)12-10-27-21(23-15-33-17-34-23)14-19-5-3-2-4-6-19/h2-6,9,11,13,15-16,21-22,27H,7-8,10,12,14,17H2,1H3. The summed E-state index contributed by atoms with van der Waals surface area (Å²) in [5.74, 6) is 1.49. The van der Waals surface area contributed by atoms with Gasteiger partial charge in [-0.2, -0.15) is 0 Å². The lowest BCUT2D eigenvalue weighted by Crippen LogP contribution is -2.40. The van der Waals surface area contributed by atoms with Crippen molar-refractivity contribution in [3.63, 3.8) is 0 Å². The van der Waals surface area contributed by atoms with Crippen LogP contribution in [0.2, 0.25) is 0 Å². The molecule has 2 aromatic heterocycles. The quantitative estimate of drug-likeness (QED) is 0.525. The molecule has 0 saturated carbocycles. The molecule has 9 nitrogen and oxygen atoms in total. The van der Waals surface area contributed by atoms with Crippen molar-refractivity contribution in [2.24, 2.45) is 0 Å². The van der Waals surface area contributed by atoms with Crippen molar-refractivity contribution < 1.29 is 14.3 Å². The Bertz CT molecular complexity index is 1150. The summed E-state index contributed by atoms with van der Waals surface area (Å²) in [6.07, 6.45) is 8.89. The van der Waals surface area contributed by atoms with Crippen molar-refractivity contribution in [3.8, 4) is 5.95 Å². The van der Waals surface area contributed by atoms with Crippen molar-refractivity contribution in [1.82, 2.24) is 29.7 Å². The third-order valence-electron chi connectivity index (χ3n) is 6.13. The van der Waals surface area contributed by atoms with Gasteiger partial charge in [0.1, 0.15) is 12.6 Å². The van der Waals surface area contributed by atoms with Crippen LogP contribution in [0.15, 0.2) is 67.1 Å². The summed E-state index contributed by atoms with van der Waals surface area (Å²) in [7, 11) is 0. The van der Waals surface area contributed by atoms with Crippen LogP contribution in [0.1, 0.15) is 35.8 Å². The Kier molecular flexibility index (Phi) is 6.53. The fourth-order valence-corrected chi connectivity index (χ4v) is 4.48. The monoisotopic (exact) mass is 460 g/mol. The summed E-state index contributed by atoms with van der Waals surface area (Å²) in [6.45, 7) is 3.38. The second kappa shape index (κ2) is 10.0. The Balaban J connectivity index is 1.28. The van der Waals surface area contributed by atoms with Gasteiger partial charge < -0.3 is 19.7 Å². The molecule has 34 heavy (non-hydrogen) atoms. The van der Waals surface area contributed by atoms with Gasteiger partial charge in [-0.1, -0.05) is 30.3 Å². The predicted octanol–water partition coefficient (Wildman–Crippen LogP) is 2.68. The topological polar surface area (TPSA) is 94.4 Å². The molecule has 5 rings (SSSR count). The zero-order valence-corrected chi connectivity index (χ0v) is 19.1. The van der Waals surface area contributed by atoms with Gasteiger partial charge in [0.05, 0.1) is 17.8 Å². The Labute approximate surface area is 198 Å². The number of aromatic nitrogens is 4. The number of amides is 1. The summed E-state index contributed by atoms with van der Waals surface area (Å²) < 4.78 is 12.7. The van der Waals surface area contributed by atoms with E-state index >= 15 is 0 Å². The van der Waals surface area contributed by atoms with Gasteiger partial charge in [-0.05, 0) is 31.4 Å². The van der Waals surface area contributed by atoms with E-state index in [1.165, 1.54) is 5.56 Å². The molecule has 176 valence electrons. The lowest BCUT2D eigenvalue weighted by molar-refractivity contribution is -0.129. The lowest BCUT2D eigenvalue weighted by Gasteiger charge is -2.26. The molecule has 0 aliphatic carbocycles. The molecule has 2 aliphatic rings. The molecular formula is C25H28N6O3. The van der Waals surface area contributed by atoms with Crippen LogP contribution < -0.4 is 5.32 Å². The van der Waals surface area contributed by atoms with Gasteiger partial charge in [0.25, 0.3) is 0 Å². The van der Waals surface area contributed by atoms with Crippen LogP contribution in [0, 0.1) is 6.92 Å². The maximum Gasteiger partial charge on any atom is 0.235 e. The molecule has 4 heterocycles. The fraction of sp³-hybridized carbons (Fsp3) is 0.360. The number of aryl methyl sites for hydroxylation is 1. The van der Waals surface area contributed by atoms with Crippen molar-refractivity contribution >= 4 is 5.91 Å². The highest BCUT2D eigenvalue weighted by Crippen LogP contribution is 2.32. The van der Waals surface area contributed by atoms with E-state index in [0.717, 1.165) is 30.0 Å². The smallest absolute Gasteiger partial charge is 0.235 e. The van der Waals surface area contributed by atoms with Crippen LogP contribution in [0.4, 0.5) is 0 Å². The molecule has 0 bridgehead atoms. The summed E-state index contributed by atoms with van der Waals surface area (Å²) in [6, 6.07) is 12.1. The van der Waals surface area contributed by atoms with E-state index in [0.29, 0.717) is 25.5 Å². The van der Waals surface area contributed by atoms with Gasteiger partial charge in [-0.3, -0.25) is 9.36 Å². The van der Waals surface area contributed by atoms with E-state index in [1.807, 2.05) is 42.3 Å². The zero-order chi connectivity index (χ0) is 23.3. The van der Waals surface area contributed by atoms with Crippen LogP contribution in [-0.4, -0.2) is 56.3 Å². The van der Waals surface area contributed by atoms with Crippen molar-refractivity contribution in [3.05, 3.63) is 84.1 Å². The van der Waals surface area contributed by atoms with Crippen LogP contribution in [-0.2, 0) is 20.7 Å². The van der Waals surface area contributed by atoms with E-state index in [1.54, 1.807) is 23.4 Å². The minimum Gasteiger partial charge on any atom is -0.462 e. The molecule has 9 heteroatoms. The molecule has 1 fully saturated rings. The Hall–Kier alpha value is -3.72. The number of carbonyl (C=O) groups excluding carboxylic acids is 1. The van der Waals surface area contributed by atoms with Crippen LogP contribution in [0.5, 0.6) is 0 Å². The van der Waals surface area contributed by atoms with E-state index in [4.69, 9.17) is 14.5 Å². The number of imidazole rings is 1. The van der Waals surface area contributed by atoms with E-state index in [2.05, 4.69) is 27.4 Å². The molecule has 2 atom stereocenters. The first-order valence-electron chi connectivity index (χ1n) is 11.5. The van der Waals surface area contributed by atoms with Crippen LogP contribution in [0.25, 0.3) is 5.95 Å². The number of benzene rings is 1. The number of hydrogen-bond donors (Lipinski definition) is 1. The molecule has 0 radical (unpaired) electrons. The van der Waals surface area contributed by atoms with Crippen LogP contribution >= 0.6 is 0 Å². The van der Waals surface area contributed by atoms with Gasteiger partial charge in [0.2, 0.25) is 18.6 Å². The van der Waals surface area contributed by atoms with Gasteiger partial charge >= 0.3 is 0 Å². The number of likely N-dealkylation sites (tertiary alicyclic amines) is 1. The highest BCUT2D eigenvalue weighted by atomic mass is 16.7. The number of rotatable bonds is 9. The van der Waals surface area contributed by atoms with E-state index < -0.39 is 0 Å². The predicted molar refractivity (Wildman–Crippen MR) is 125 cm³/mol. The zero-order valence-electron chi connectivity index (χ0n) is 19.1. The first-order chi connectivity index (χ1) is 16.7. The average molecular weight is 461 g/mol. The number of hydrogen-bond acceptors (Lipinski definition) is 7. The van der Waals surface area contributed by atoms with Gasteiger partial charge in [-0.25, -0.2) is 15.0 Å². The molecule has 1 saturated heterocycles. The summed E-state index contributed by atoms with van der Waals surface area (Å²) >= 11 is 0. The normalized spacial score (nSPS) is 18.5. The van der Waals surface area contributed by atoms with E-state index in [-0.39, 0.29) is 24.8 Å². The molecule has 0 spiro atoms. The fourth-order valence-electron chi connectivity index (χ4n) is 4.48. The minimum absolute atomic E-state index is 0.0322. The van der Waals surface area contributed by atoms with Crippen molar-refractivity contribution in [2.45, 2.75) is 38.3 Å². The second-order valence-corrected chi connectivity index (χ2v) is 8.49. The summed E-state index contributed by atoms with van der Waals surface area (Å²) in [4.78, 5) is 28.1. The number of nitrogens with one attached hydrogen (secondary N) is 1. The molecule has 1 aromatic carbocycles. The van der Waals surface area contributed by atoms with Crippen molar-refractivity contribution in [1.29, 1.82) is 0 Å². The van der Waals surface area contributed by atoms with Crippen molar-refractivity contribution in [2.75, 3.05) is 19.9 Å². The number of carbonyl (C=O) groups is 1. The maximum atomic E-state index is 12.8. The highest BCUT2D eigenvalue weighted by molar-refractivity contribution is 5.79. The minimum atomic E-state index is -0.0730. The van der Waals surface area contributed by atoms with Crippen LogP contribution in [0.3, 0.4) is 0 Å². The maximum absolute atomic E-state index is 12.8. The molecule has 2 unspecified atom stereocenters. The van der Waals surface area contributed by atoms with E-state index in [9.17, 15) is 4.79 Å². The lowest BCUT2D eigenvalue weighted by atomic mass is 10.0. The third-order valence-corrected chi connectivity index (χ3v) is 6.13. The summed E-state index contributed by atoms with van der Waals surface area (Å²) in [5.41, 5.74) is 2.92. The second-order valence-electron chi connectivity index (χ2n) is 8.49. The molecule has 3 aromatic rings. The molecule has 2 aliphatic heterocycles. The van der Waals surface area contributed by atoms with Gasteiger partial charge in [-0.15, -0.1) is 0 Å². The SMILES string of the molecule is Cc1cc(C2CCC(=O)N2CCNC(Cc2ccccc2)C2=COCO2)nc(-n2ccnc2)n1. The third kappa shape index (κ3) is 4.94. The summed E-state index contributed by atoms with van der Waals surface area (Å²) in [5, 5.41) is 3.56. The number of ether oxygens (including phenoxy) is 2. The number of nitrogens with zero attached hydrogens (tertiary/aromatic N) is 5. The first kappa shape index (κ1) is 22.1. The Morgan fingerprint density at radius 3 is 2.88 bits per heavy atom. The van der Waals surface area contributed by atoms with Gasteiger partial charge in [0.15, 0.2) is 5.76 Å². The molecule has 1 N–H and O–H groups in total. The Morgan fingerprint density at radius 2 is 2.12 bits per heavy atom.